The molecule has 0 spiro atoms. The van der Waals surface area contributed by atoms with E-state index in [1.54, 1.807) is 0 Å². The maximum absolute atomic E-state index is 11.8. The Balaban J connectivity index is 1.71. The molecule has 6 heteroatoms. The molecule has 2 aromatic rings. The van der Waals surface area contributed by atoms with Crippen LogP contribution < -0.4 is 5.32 Å². The number of hydrogen-bond donors (Lipinski definition) is 1. The Labute approximate surface area is 118 Å². The fourth-order valence-electron chi connectivity index (χ4n) is 1.77. The molecular weight excluding hydrogens is 288 g/mol. The lowest BCUT2D eigenvalue weighted by Crippen LogP contribution is -2.27. The molecule has 0 aliphatic heterocycles. The van der Waals surface area contributed by atoms with E-state index in [2.05, 4.69) is 10.3 Å². The third-order valence-corrected chi connectivity index (χ3v) is 5.05. The van der Waals surface area contributed by atoms with Crippen LogP contribution in [0.3, 0.4) is 0 Å². The summed E-state index contributed by atoms with van der Waals surface area (Å²) < 4.78 is 0.748. The first-order chi connectivity index (χ1) is 8.72. The lowest BCUT2D eigenvalue weighted by molar-refractivity contribution is -0.122. The SMILES string of the molecule is O=C(Nc1nc(-c2ccc(Cl)s2)cs1)C1CCC1. The van der Waals surface area contributed by atoms with Gasteiger partial charge in [0.1, 0.15) is 0 Å². The maximum atomic E-state index is 11.8. The zero-order valence-electron chi connectivity index (χ0n) is 9.48. The van der Waals surface area contributed by atoms with Crippen molar-refractivity contribution in [1.29, 1.82) is 0 Å². The normalized spacial score (nSPS) is 15.4. The van der Waals surface area contributed by atoms with Gasteiger partial charge in [-0.25, -0.2) is 4.98 Å². The fourth-order valence-corrected chi connectivity index (χ4v) is 3.57. The fraction of sp³-hybridized carbons (Fsp3) is 0.333. The van der Waals surface area contributed by atoms with E-state index in [0.717, 1.165) is 34.2 Å². The van der Waals surface area contributed by atoms with E-state index < -0.39 is 0 Å². The molecule has 18 heavy (non-hydrogen) atoms. The first-order valence-electron chi connectivity index (χ1n) is 5.74. The van der Waals surface area contributed by atoms with Gasteiger partial charge in [-0.2, -0.15) is 0 Å². The largest absolute Gasteiger partial charge is 0.302 e. The van der Waals surface area contributed by atoms with Crippen LogP contribution in [0.5, 0.6) is 0 Å². The average Bonchev–Trinajstić information content (AvgIpc) is 2.84. The number of thiophene rings is 1. The monoisotopic (exact) mass is 298 g/mol. The van der Waals surface area contributed by atoms with Gasteiger partial charge in [-0.1, -0.05) is 18.0 Å². The predicted octanol–water partition coefficient (Wildman–Crippen LogP) is 4.26. The first-order valence-corrected chi connectivity index (χ1v) is 7.82. The molecule has 0 bridgehead atoms. The van der Waals surface area contributed by atoms with Crippen molar-refractivity contribution in [3.05, 3.63) is 21.8 Å². The number of hydrogen-bond acceptors (Lipinski definition) is 4. The van der Waals surface area contributed by atoms with Crippen LogP contribution in [0.4, 0.5) is 5.13 Å². The summed E-state index contributed by atoms with van der Waals surface area (Å²) in [6, 6.07) is 3.80. The Morgan fingerprint density at radius 2 is 2.28 bits per heavy atom. The topological polar surface area (TPSA) is 42.0 Å². The van der Waals surface area contributed by atoms with E-state index in [1.807, 2.05) is 17.5 Å². The Morgan fingerprint density at radius 1 is 1.44 bits per heavy atom. The van der Waals surface area contributed by atoms with Crippen molar-refractivity contribution < 1.29 is 4.79 Å². The van der Waals surface area contributed by atoms with Gasteiger partial charge in [0, 0.05) is 11.3 Å². The van der Waals surface area contributed by atoms with E-state index >= 15 is 0 Å². The second kappa shape index (κ2) is 4.99. The minimum Gasteiger partial charge on any atom is -0.302 e. The van der Waals surface area contributed by atoms with E-state index in [1.165, 1.54) is 22.7 Å². The molecular formula is C12H11ClN2OS2. The summed E-state index contributed by atoms with van der Waals surface area (Å²) >= 11 is 8.84. The van der Waals surface area contributed by atoms with E-state index in [9.17, 15) is 4.79 Å². The molecule has 1 aliphatic rings. The van der Waals surface area contributed by atoms with Crippen LogP contribution >= 0.6 is 34.3 Å². The van der Waals surface area contributed by atoms with E-state index in [-0.39, 0.29) is 11.8 Å². The molecule has 0 atom stereocenters. The number of aromatic nitrogens is 1. The van der Waals surface area contributed by atoms with Crippen molar-refractivity contribution in [2.24, 2.45) is 5.92 Å². The highest BCUT2D eigenvalue weighted by Gasteiger charge is 2.25. The summed E-state index contributed by atoms with van der Waals surface area (Å²) in [5.74, 6) is 0.292. The van der Waals surface area contributed by atoms with Crippen LogP contribution in [0.15, 0.2) is 17.5 Å². The van der Waals surface area contributed by atoms with Crippen molar-refractivity contribution in [2.45, 2.75) is 19.3 Å². The Morgan fingerprint density at radius 3 is 2.89 bits per heavy atom. The highest BCUT2D eigenvalue weighted by atomic mass is 35.5. The molecule has 0 aromatic carbocycles. The average molecular weight is 299 g/mol. The molecule has 3 rings (SSSR count). The van der Waals surface area contributed by atoms with Gasteiger partial charge in [0.2, 0.25) is 5.91 Å². The van der Waals surface area contributed by atoms with Gasteiger partial charge >= 0.3 is 0 Å². The quantitative estimate of drug-likeness (QED) is 0.919. The van der Waals surface area contributed by atoms with Gasteiger partial charge in [0.15, 0.2) is 5.13 Å². The van der Waals surface area contributed by atoms with Crippen molar-refractivity contribution >= 4 is 45.3 Å². The van der Waals surface area contributed by atoms with Crippen molar-refractivity contribution in [2.75, 3.05) is 5.32 Å². The molecule has 94 valence electrons. The standard InChI is InChI=1S/C12H11ClN2OS2/c13-10-5-4-9(18-10)8-6-17-12(14-8)15-11(16)7-2-1-3-7/h4-7H,1-3H2,(H,14,15,16). The minimum absolute atomic E-state index is 0.103. The van der Waals surface area contributed by atoms with Crippen LogP contribution in [0.2, 0.25) is 4.34 Å². The lowest BCUT2D eigenvalue weighted by atomic mass is 9.85. The number of nitrogens with one attached hydrogen (secondary N) is 1. The zero-order valence-corrected chi connectivity index (χ0v) is 11.9. The molecule has 1 aliphatic carbocycles. The zero-order chi connectivity index (χ0) is 12.5. The first kappa shape index (κ1) is 12.1. The molecule has 0 radical (unpaired) electrons. The van der Waals surface area contributed by atoms with Crippen LogP contribution in [0, 0.1) is 5.92 Å². The Hall–Kier alpha value is -0.910. The maximum Gasteiger partial charge on any atom is 0.229 e. The Kier molecular flexibility index (Phi) is 3.37. The third-order valence-electron chi connectivity index (χ3n) is 3.04. The summed E-state index contributed by atoms with van der Waals surface area (Å²) in [6.07, 6.45) is 3.17. The molecule has 1 N–H and O–H groups in total. The number of nitrogens with zero attached hydrogens (tertiary/aromatic N) is 1. The van der Waals surface area contributed by atoms with Crippen molar-refractivity contribution in [1.82, 2.24) is 4.98 Å². The molecule has 3 nitrogen and oxygen atoms in total. The summed E-state index contributed by atoms with van der Waals surface area (Å²) in [5, 5.41) is 5.50. The van der Waals surface area contributed by atoms with Gasteiger partial charge < -0.3 is 5.32 Å². The highest BCUT2D eigenvalue weighted by molar-refractivity contribution is 7.20. The van der Waals surface area contributed by atoms with Crippen LogP contribution in [-0.2, 0) is 4.79 Å². The number of halogens is 1. The molecule has 1 fully saturated rings. The summed E-state index contributed by atoms with van der Waals surface area (Å²) in [5.41, 5.74) is 0.876. The molecule has 0 unspecified atom stereocenters. The smallest absolute Gasteiger partial charge is 0.229 e. The van der Waals surface area contributed by atoms with Gasteiger partial charge in [-0.05, 0) is 25.0 Å². The molecule has 2 aromatic heterocycles. The molecule has 2 heterocycles. The van der Waals surface area contributed by atoms with Crippen LogP contribution in [-0.4, -0.2) is 10.9 Å². The molecule has 1 saturated carbocycles. The Bertz CT molecular complexity index is 574. The molecule has 1 amide bonds. The highest BCUT2D eigenvalue weighted by Crippen LogP contribution is 2.33. The number of amides is 1. The number of carbonyl (C=O) groups is 1. The number of rotatable bonds is 3. The molecule has 0 saturated heterocycles. The predicted molar refractivity (Wildman–Crippen MR) is 76.4 cm³/mol. The van der Waals surface area contributed by atoms with Crippen LogP contribution in [0.1, 0.15) is 19.3 Å². The van der Waals surface area contributed by atoms with Gasteiger partial charge in [0.05, 0.1) is 14.9 Å². The summed E-state index contributed by atoms with van der Waals surface area (Å²) in [4.78, 5) is 17.2. The van der Waals surface area contributed by atoms with Gasteiger partial charge in [-0.3, -0.25) is 4.79 Å². The number of carbonyl (C=O) groups excluding carboxylic acids is 1. The second-order valence-corrected chi connectivity index (χ2v) is 6.83. The van der Waals surface area contributed by atoms with Crippen LogP contribution in [0.25, 0.3) is 10.6 Å². The van der Waals surface area contributed by atoms with E-state index in [0.29, 0.717) is 5.13 Å². The van der Waals surface area contributed by atoms with Crippen molar-refractivity contribution in [3.63, 3.8) is 0 Å². The van der Waals surface area contributed by atoms with Gasteiger partial charge in [-0.15, -0.1) is 22.7 Å². The number of anilines is 1. The second-order valence-electron chi connectivity index (χ2n) is 4.26. The lowest BCUT2D eigenvalue weighted by Gasteiger charge is -2.23. The number of thiazole rings is 1. The van der Waals surface area contributed by atoms with E-state index in [4.69, 9.17) is 11.6 Å². The summed E-state index contributed by atoms with van der Waals surface area (Å²) in [6.45, 7) is 0. The van der Waals surface area contributed by atoms with Crippen molar-refractivity contribution in [3.8, 4) is 10.6 Å². The summed E-state index contributed by atoms with van der Waals surface area (Å²) in [7, 11) is 0. The van der Waals surface area contributed by atoms with Gasteiger partial charge in [0.25, 0.3) is 0 Å². The minimum atomic E-state index is 0.103. The third kappa shape index (κ3) is 2.43.